The first-order chi connectivity index (χ1) is 6.72. The van der Waals surface area contributed by atoms with Gasteiger partial charge in [-0.25, -0.2) is 4.98 Å². The SMILES string of the molecule is CNC(C)CCSc1ccc(Br)cn1. The van der Waals surface area contributed by atoms with E-state index in [1.54, 1.807) is 11.8 Å². The van der Waals surface area contributed by atoms with Crippen molar-refractivity contribution in [3.8, 4) is 0 Å². The predicted octanol–water partition coefficient (Wildman–Crippen LogP) is 2.93. The summed E-state index contributed by atoms with van der Waals surface area (Å²) in [5.41, 5.74) is 0. The predicted molar refractivity (Wildman–Crippen MR) is 65.8 cm³/mol. The van der Waals surface area contributed by atoms with Crippen LogP contribution in [-0.4, -0.2) is 23.8 Å². The second-order valence-electron chi connectivity index (χ2n) is 3.14. The normalized spacial score (nSPS) is 12.8. The van der Waals surface area contributed by atoms with Gasteiger partial charge in [0.15, 0.2) is 0 Å². The third-order valence-corrected chi connectivity index (χ3v) is 3.44. The second-order valence-corrected chi connectivity index (χ2v) is 5.17. The van der Waals surface area contributed by atoms with Crippen LogP contribution in [0.15, 0.2) is 27.8 Å². The zero-order chi connectivity index (χ0) is 10.4. The van der Waals surface area contributed by atoms with E-state index in [4.69, 9.17) is 0 Å². The molecule has 1 rings (SSSR count). The monoisotopic (exact) mass is 274 g/mol. The van der Waals surface area contributed by atoms with E-state index in [9.17, 15) is 0 Å². The van der Waals surface area contributed by atoms with Gasteiger partial charge in [0.2, 0.25) is 0 Å². The summed E-state index contributed by atoms with van der Waals surface area (Å²) in [6, 6.07) is 4.65. The lowest BCUT2D eigenvalue weighted by Gasteiger charge is -2.08. The summed E-state index contributed by atoms with van der Waals surface area (Å²) in [6.45, 7) is 2.19. The van der Waals surface area contributed by atoms with E-state index in [1.165, 1.54) is 6.42 Å². The van der Waals surface area contributed by atoms with Gasteiger partial charge in [0.05, 0.1) is 5.03 Å². The first-order valence-corrected chi connectivity index (χ1v) is 6.42. The highest BCUT2D eigenvalue weighted by Crippen LogP contribution is 2.18. The average molecular weight is 275 g/mol. The molecule has 4 heteroatoms. The van der Waals surface area contributed by atoms with Crippen LogP contribution in [-0.2, 0) is 0 Å². The molecule has 1 heterocycles. The van der Waals surface area contributed by atoms with E-state index < -0.39 is 0 Å². The fourth-order valence-corrected chi connectivity index (χ4v) is 2.14. The lowest BCUT2D eigenvalue weighted by Crippen LogP contribution is -2.21. The van der Waals surface area contributed by atoms with E-state index in [0.29, 0.717) is 6.04 Å². The lowest BCUT2D eigenvalue weighted by molar-refractivity contribution is 0.597. The Morgan fingerprint density at radius 1 is 1.57 bits per heavy atom. The number of halogens is 1. The Bertz CT molecular complexity index is 263. The quantitative estimate of drug-likeness (QED) is 0.836. The molecule has 1 atom stereocenters. The van der Waals surface area contributed by atoms with Crippen molar-refractivity contribution < 1.29 is 0 Å². The van der Waals surface area contributed by atoms with Crippen LogP contribution < -0.4 is 5.32 Å². The van der Waals surface area contributed by atoms with Gasteiger partial charge in [-0.05, 0) is 48.5 Å². The number of hydrogen-bond donors (Lipinski definition) is 1. The Hall–Kier alpha value is -0.0600. The molecule has 0 aromatic carbocycles. The summed E-state index contributed by atoms with van der Waals surface area (Å²) in [5.74, 6) is 1.11. The molecule has 0 amide bonds. The van der Waals surface area contributed by atoms with Crippen molar-refractivity contribution in [2.75, 3.05) is 12.8 Å². The maximum atomic E-state index is 4.30. The number of thioether (sulfide) groups is 1. The molecular formula is C10H15BrN2S. The van der Waals surface area contributed by atoms with Gasteiger partial charge >= 0.3 is 0 Å². The van der Waals surface area contributed by atoms with E-state index >= 15 is 0 Å². The van der Waals surface area contributed by atoms with Gasteiger partial charge in [-0.2, -0.15) is 0 Å². The highest BCUT2D eigenvalue weighted by atomic mass is 79.9. The van der Waals surface area contributed by atoms with E-state index in [-0.39, 0.29) is 0 Å². The largest absolute Gasteiger partial charge is 0.317 e. The fourth-order valence-electron chi connectivity index (χ4n) is 0.932. The zero-order valence-electron chi connectivity index (χ0n) is 8.46. The lowest BCUT2D eigenvalue weighted by atomic mass is 10.3. The second kappa shape index (κ2) is 6.43. The summed E-state index contributed by atoms with van der Waals surface area (Å²) in [5, 5.41) is 4.31. The van der Waals surface area contributed by atoms with Gasteiger partial charge in [0, 0.05) is 22.5 Å². The number of nitrogens with zero attached hydrogens (tertiary/aromatic N) is 1. The molecule has 1 aromatic heterocycles. The van der Waals surface area contributed by atoms with E-state index in [2.05, 4.69) is 33.2 Å². The topological polar surface area (TPSA) is 24.9 Å². The molecule has 0 fully saturated rings. The summed E-state index contributed by atoms with van der Waals surface area (Å²) >= 11 is 5.17. The molecule has 2 nitrogen and oxygen atoms in total. The van der Waals surface area contributed by atoms with Gasteiger partial charge in [0.1, 0.15) is 0 Å². The number of aromatic nitrogens is 1. The molecule has 0 radical (unpaired) electrons. The van der Waals surface area contributed by atoms with Crippen molar-refractivity contribution in [2.24, 2.45) is 0 Å². The van der Waals surface area contributed by atoms with Gasteiger partial charge in [-0.3, -0.25) is 0 Å². The standard InChI is InChI=1S/C10H15BrN2S/c1-8(12-2)5-6-14-10-4-3-9(11)7-13-10/h3-4,7-8,12H,5-6H2,1-2H3. The minimum atomic E-state index is 0.581. The molecule has 1 N–H and O–H groups in total. The molecule has 1 aromatic rings. The van der Waals surface area contributed by atoms with Crippen LogP contribution in [0, 0.1) is 0 Å². The third-order valence-electron chi connectivity index (χ3n) is 1.99. The van der Waals surface area contributed by atoms with Crippen molar-refractivity contribution in [1.29, 1.82) is 0 Å². The van der Waals surface area contributed by atoms with Gasteiger partial charge in [-0.1, -0.05) is 0 Å². The van der Waals surface area contributed by atoms with Crippen LogP contribution in [0.25, 0.3) is 0 Å². The molecule has 0 aliphatic carbocycles. The maximum Gasteiger partial charge on any atom is 0.0960 e. The van der Waals surface area contributed by atoms with Crippen LogP contribution in [0.3, 0.4) is 0 Å². The summed E-state index contributed by atoms with van der Waals surface area (Å²) in [6.07, 6.45) is 3.00. The highest BCUT2D eigenvalue weighted by molar-refractivity contribution is 9.10. The average Bonchev–Trinajstić information content (AvgIpc) is 2.21. The molecule has 1 unspecified atom stereocenters. The number of pyridine rings is 1. The van der Waals surface area contributed by atoms with E-state index in [1.807, 2.05) is 25.4 Å². The molecule has 14 heavy (non-hydrogen) atoms. The van der Waals surface area contributed by atoms with Crippen molar-refractivity contribution in [3.05, 3.63) is 22.8 Å². The van der Waals surface area contributed by atoms with Gasteiger partial charge < -0.3 is 5.32 Å². The Balaban J connectivity index is 2.28. The van der Waals surface area contributed by atoms with Gasteiger partial charge in [-0.15, -0.1) is 11.8 Å². The molecule has 0 spiro atoms. The molecule has 0 aliphatic heterocycles. The molecule has 0 saturated carbocycles. The number of nitrogens with one attached hydrogen (secondary N) is 1. The summed E-state index contributed by atoms with van der Waals surface area (Å²) in [7, 11) is 1.99. The fraction of sp³-hybridized carbons (Fsp3) is 0.500. The van der Waals surface area contributed by atoms with Gasteiger partial charge in [0.25, 0.3) is 0 Å². The number of hydrogen-bond acceptors (Lipinski definition) is 3. The molecule has 0 bridgehead atoms. The van der Waals surface area contributed by atoms with Crippen molar-refractivity contribution in [2.45, 2.75) is 24.4 Å². The van der Waals surface area contributed by atoms with Crippen molar-refractivity contribution in [3.63, 3.8) is 0 Å². The Kier molecular flexibility index (Phi) is 5.52. The first-order valence-electron chi connectivity index (χ1n) is 4.64. The zero-order valence-corrected chi connectivity index (χ0v) is 10.9. The molecular weight excluding hydrogens is 260 g/mol. The minimum absolute atomic E-state index is 0.581. The maximum absolute atomic E-state index is 4.30. The highest BCUT2D eigenvalue weighted by Gasteiger charge is 1.99. The number of rotatable bonds is 5. The Labute approximate surface area is 98.0 Å². The third kappa shape index (κ3) is 4.44. The first kappa shape index (κ1) is 12.0. The van der Waals surface area contributed by atoms with Crippen LogP contribution in [0.4, 0.5) is 0 Å². The van der Waals surface area contributed by atoms with Crippen LogP contribution >= 0.6 is 27.7 Å². The Morgan fingerprint density at radius 2 is 2.36 bits per heavy atom. The van der Waals surface area contributed by atoms with Crippen molar-refractivity contribution in [1.82, 2.24) is 10.3 Å². The minimum Gasteiger partial charge on any atom is -0.317 e. The van der Waals surface area contributed by atoms with Crippen LogP contribution in [0.1, 0.15) is 13.3 Å². The molecule has 0 saturated heterocycles. The van der Waals surface area contributed by atoms with Crippen molar-refractivity contribution >= 4 is 27.7 Å². The summed E-state index contributed by atoms with van der Waals surface area (Å²) < 4.78 is 1.03. The molecule has 0 aliphatic rings. The Morgan fingerprint density at radius 3 is 2.93 bits per heavy atom. The van der Waals surface area contributed by atoms with Crippen LogP contribution in [0.5, 0.6) is 0 Å². The summed E-state index contributed by atoms with van der Waals surface area (Å²) in [4.78, 5) is 4.30. The van der Waals surface area contributed by atoms with E-state index in [0.717, 1.165) is 15.3 Å². The smallest absolute Gasteiger partial charge is 0.0960 e. The van der Waals surface area contributed by atoms with Crippen LogP contribution in [0.2, 0.25) is 0 Å². The molecule has 78 valence electrons.